The SMILES string of the molecule is CCOC(=O)Nc1oc(-c2cc(OC)cc(OC)c2)c(O)c1O. The Balaban J connectivity index is 2.42. The average molecular weight is 323 g/mol. The van der Waals surface area contributed by atoms with Crippen molar-refractivity contribution in [2.75, 3.05) is 26.1 Å². The third-order valence-corrected chi connectivity index (χ3v) is 2.96. The van der Waals surface area contributed by atoms with E-state index in [4.69, 9.17) is 13.9 Å². The van der Waals surface area contributed by atoms with Crippen molar-refractivity contribution < 1.29 is 33.6 Å². The number of aromatic hydroxyl groups is 2. The Bertz CT molecular complexity index is 686. The van der Waals surface area contributed by atoms with Gasteiger partial charge in [-0.2, -0.15) is 0 Å². The molecule has 2 aromatic rings. The first kappa shape index (κ1) is 16.3. The molecular formula is C15H17NO7. The second-order valence-electron chi connectivity index (χ2n) is 4.40. The number of carbonyl (C=O) groups is 1. The van der Waals surface area contributed by atoms with Crippen molar-refractivity contribution >= 4 is 12.0 Å². The average Bonchev–Trinajstić information content (AvgIpc) is 2.83. The van der Waals surface area contributed by atoms with Crippen LogP contribution in [0.15, 0.2) is 22.6 Å². The number of hydrogen-bond donors (Lipinski definition) is 3. The molecule has 0 fully saturated rings. The van der Waals surface area contributed by atoms with Gasteiger partial charge < -0.3 is 28.8 Å². The molecule has 1 amide bonds. The van der Waals surface area contributed by atoms with Gasteiger partial charge >= 0.3 is 6.09 Å². The van der Waals surface area contributed by atoms with Crippen LogP contribution in [-0.4, -0.2) is 37.1 Å². The summed E-state index contributed by atoms with van der Waals surface area (Å²) in [6.45, 7) is 1.78. The number of nitrogens with one attached hydrogen (secondary N) is 1. The lowest BCUT2D eigenvalue weighted by Crippen LogP contribution is -2.12. The molecule has 8 heteroatoms. The Morgan fingerprint density at radius 2 is 1.74 bits per heavy atom. The smallest absolute Gasteiger partial charge is 0.414 e. The van der Waals surface area contributed by atoms with E-state index in [1.54, 1.807) is 25.1 Å². The molecule has 8 nitrogen and oxygen atoms in total. The van der Waals surface area contributed by atoms with E-state index >= 15 is 0 Å². The Labute approximate surface area is 132 Å². The number of ether oxygens (including phenoxy) is 3. The lowest BCUT2D eigenvalue weighted by molar-refractivity contribution is 0.167. The predicted molar refractivity (Wildman–Crippen MR) is 81.2 cm³/mol. The van der Waals surface area contributed by atoms with Crippen LogP contribution in [0.5, 0.6) is 23.0 Å². The fourth-order valence-corrected chi connectivity index (χ4v) is 1.89. The number of rotatable bonds is 5. The molecule has 0 saturated heterocycles. The summed E-state index contributed by atoms with van der Waals surface area (Å²) in [5, 5.41) is 22.1. The molecule has 0 saturated carbocycles. The topological polar surface area (TPSA) is 110 Å². The zero-order valence-corrected chi connectivity index (χ0v) is 12.9. The monoisotopic (exact) mass is 323 g/mol. The molecule has 1 aromatic heterocycles. The zero-order chi connectivity index (χ0) is 17.0. The molecule has 3 N–H and O–H groups in total. The third kappa shape index (κ3) is 3.42. The summed E-state index contributed by atoms with van der Waals surface area (Å²) in [6, 6.07) is 4.80. The minimum atomic E-state index is -0.814. The van der Waals surface area contributed by atoms with E-state index < -0.39 is 17.6 Å². The number of benzene rings is 1. The summed E-state index contributed by atoms with van der Waals surface area (Å²) in [7, 11) is 2.96. The maximum Gasteiger partial charge on any atom is 0.414 e. The highest BCUT2D eigenvalue weighted by Crippen LogP contribution is 2.46. The third-order valence-electron chi connectivity index (χ3n) is 2.96. The van der Waals surface area contributed by atoms with Crippen molar-refractivity contribution in [3.8, 4) is 34.3 Å². The van der Waals surface area contributed by atoms with Crippen LogP contribution >= 0.6 is 0 Å². The van der Waals surface area contributed by atoms with Gasteiger partial charge in [0.1, 0.15) is 11.5 Å². The molecule has 2 rings (SSSR count). The fourth-order valence-electron chi connectivity index (χ4n) is 1.89. The molecule has 0 spiro atoms. The highest BCUT2D eigenvalue weighted by atomic mass is 16.6. The van der Waals surface area contributed by atoms with Crippen molar-refractivity contribution in [1.82, 2.24) is 0 Å². The van der Waals surface area contributed by atoms with Gasteiger partial charge in [-0.3, -0.25) is 5.32 Å². The number of methoxy groups -OCH3 is 2. The van der Waals surface area contributed by atoms with Gasteiger partial charge in [-0.15, -0.1) is 0 Å². The van der Waals surface area contributed by atoms with E-state index in [1.807, 2.05) is 0 Å². The van der Waals surface area contributed by atoms with Crippen molar-refractivity contribution in [1.29, 1.82) is 0 Å². The normalized spacial score (nSPS) is 10.2. The van der Waals surface area contributed by atoms with Gasteiger partial charge in [-0.25, -0.2) is 4.79 Å². The molecular weight excluding hydrogens is 306 g/mol. The van der Waals surface area contributed by atoms with E-state index in [2.05, 4.69) is 10.1 Å². The van der Waals surface area contributed by atoms with Crippen LogP contribution in [0.4, 0.5) is 10.7 Å². The van der Waals surface area contributed by atoms with E-state index in [-0.39, 0.29) is 18.3 Å². The van der Waals surface area contributed by atoms with Crippen LogP contribution in [-0.2, 0) is 4.74 Å². The Morgan fingerprint density at radius 3 is 2.26 bits per heavy atom. The molecule has 1 aromatic carbocycles. The van der Waals surface area contributed by atoms with Gasteiger partial charge in [0.05, 0.1) is 20.8 Å². The lowest BCUT2D eigenvalue weighted by atomic mass is 10.1. The number of anilines is 1. The number of carbonyl (C=O) groups excluding carboxylic acids is 1. The first-order valence-electron chi connectivity index (χ1n) is 6.72. The summed E-state index contributed by atoms with van der Waals surface area (Å²) < 4.78 is 20.3. The van der Waals surface area contributed by atoms with Crippen LogP contribution in [0.2, 0.25) is 0 Å². The summed E-state index contributed by atoms with van der Waals surface area (Å²) in [4.78, 5) is 11.4. The summed E-state index contributed by atoms with van der Waals surface area (Å²) in [5.74, 6) is -0.560. The number of amides is 1. The van der Waals surface area contributed by atoms with Crippen LogP contribution in [0, 0.1) is 0 Å². The van der Waals surface area contributed by atoms with Gasteiger partial charge in [0, 0.05) is 11.6 Å². The largest absolute Gasteiger partial charge is 0.502 e. The highest BCUT2D eigenvalue weighted by Gasteiger charge is 2.23. The first-order chi connectivity index (χ1) is 11.0. The van der Waals surface area contributed by atoms with E-state index in [0.29, 0.717) is 17.1 Å². The maximum absolute atomic E-state index is 11.4. The second-order valence-corrected chi connectivity index (χ2v) is 4.40. The molecule has 0 bridgehead atoms. The van der Waals surface area contributed by atoms with Crippen molar-refractivity contribution in [2.45, 2.75) is 6.92 Å². The quantitative estimate of drug-likeness (QED) is 0.775. The molecule has 0 atom stereocenters. The molecule has 0 unspecified atom stereocenters. The molecule has 1 heterocycles. The standard InChI is InChI=1S/C15H17NO7/c1-4-22-15(19)16-14-12(18)11(17)13(23-14)8-5-9(20-2)7-10(6-8)21-3/h5-7,17-18H,4H2,1-3H3,(H,16,19). The minimum Gasteiger partial charge on any atom is -0.502 e. The molecule has 0 aliphatic rings. The van der Waals surface area contributed by atoms with E-state index in [0.717, 1.165) is 0 Å². The summed E-state index contributed by atoms with van der Waals surface area (Å²) in [5.41, 5.74) is 0.394. The van der Waals surface area contributed by atoms with Crippen LogP contribution in [0.1, 0.15) is 6.92 Å². The molecule has 0 radical (unpaired) electrons. The number of furan rings is 1. The van der Waals surface area contributed by atoms with Crippen LogP contribution < -0.4 is 14.8 Å². The molecule has 23 heavy (non-hydrogen) atoms. The van der Waals surface area contributed by atoms with Gasteiger partial charge in [-0.1, -0.05) is 0 Å². The maximum atomic E-state index is 11.4. The lowest BCUT2D eigenvalue weighted by Gasteiger charge is -2.07. The zero-order valence-electron chi connectivity index (χ0n) is 12.9. The first-order valence-corrected chi connectivity index (χ1v) is 6.72. The van der Waals surface area contributed by atoms with Crippen LogP contribution in [0.25, 0.3) is 11.3 Å². The summed E-state index contributed by atoms with van der Waals surface area (Å²) >= 11 is 0. The van der Waals surface area contributed by atoms with Crippen molar-refractivity contribution in [2.24, 2.45) is 0 Å². The van der Waals surface area contributed by atoms with Gasteiger partial charge in [-0.05, 0) is 19.1 Å². The second kappa shape index (κ2) is 6.82. The molecule has 0 aliphatic carbocycles. The Kier molecular flexibility index (Phi) is 4.85. The molecule has 124 valence electrons. The summed E-state index contributed by atoms with van der Waals surface area (Å²) in [6.07, 6.45) is -0.814. The van der Waals surface area contributed by atoms with Gasteiger partial charge in [0.2, 0.25) is 17.4 Å². The molecule has 0 aliphatic heterocycles. The Hall–Kier alpha value is -3.03. The van der Waals surface area contributed by atoms with Gasteiger partial charge in [0.25, 0.3) is 0 Å². The van der Waals surface area contributed by atoms with Crippen molar-refractivity contribution in [3.63, 3.8) is 0 Å². The minimum absolute atomic E-state index is 0.0495. The van der Waals surface area contributed by atoms with Gasteiger partial charge in [0.15, 0.2) is 5.76 Å². The van der Waals surface area contributed by atoms with Crippen molar-refractivity contribution in [3.05, 3.63) is 18.2 Å². The Morgan fingerprint density at radius 1 is 1.13 bits per heavy atom. The van der Waals surface area contributed by atoms with E-state index in [9.17, 15) is 15.0 Å². The van der Waals surface area contributed by atoms with E-state index in [1.165, 1.54) is 14.2 Å². The fraction of sp³-hybridized carbons (Fsp3) is 0.267. The highest BCUT2D eigenvalue weighted by molar-refractivity contribution is 5.87. The number of hydrogen-bond acceptors (Lipinski definition) is 7. The predicted octanol–water partition coefficient (Wildman–Crippen LogP) is 2.94. The van der Waals surface area contributed by atoms with Crippen LogP contribution in [0.3, 0.4) is 0 Å².